The van der Waals surface area contributed by atoms with E-state index < -0.39 is 5.97 Å². The summed E-state index contributed by atoms with van der Waals surface area (Å²) in [7, 11) is 1.53. The molecule has 0 saturated carbocycles. The maximum atomic E-state index is 11.3. The van der Waals surface area contributed by atoms with Gasteiger partial charge in [-0.3, -0.25) is 4.79 Å². The minimum atomic E-state index is -0.423. The average Bonchev–Trinajstić information content (AvgIpc) is 2.36. The van der Waals surface area contributed by atoms with E-state index in [9.17, 15) is 9.59 Å². The normalized spacial score (nSPS) is 10.4. The summed E-state index contributed by atoms with van der Waals surface area (Å²) in [6.07, 6.45) is 2.88. The van der Waals surface area contributed by atoms with Gasteiger partial charge in [-0.05, 0) is 38.1 Å². The van der Waals surface area contributed by atoms with Crippen LogP contribution in [0.4, 0.5) is 0 Å². The van der Waals surface area contributed by atoms with Crippen molar-refractivity contribution in [2.75, 3.05) is 13.7 Å². The number of hydrogen-bond acceptors (Lipinski definition) is 4. The van der Waals surface area contributed by atoms with Gasteiger partial charge in [0.15, 0.2) is 5.78 Å². The molecule has 0 saturated heterocycles. The van der Waals surface area contributed by atoms with Gasteiger partial charge >= 0.3 is 5.97 Å². The number of methoxy groups -OCH3 is 1. The van der Waals surface area contributed by atoms with E-state index in [1.54, 1.807) is 31.2 Å². The summed E-state index contributed by atoms with van der Waals surface area (Å²) in [6.45, 7) is 3.55. The third-order valence-electron chi connectivity index (χ3n) is 2.32. The number of ether oxygens (including phenoxy) is 2. The molecule has 0 heterocycles. The van der Waals surface area contributed by atoms with Crippen LogP contribution in [0.25, 0.3) is 6.08 Å². The highest BCUT2D eigenvalue weighted by atomic mass is 16.5. The molecule has 18 heavy (non-hydrogen) atoms. The molecule has 0 atom stereocenters. The van der Waals surface area contributed by atoms with Gasteiger partial charge in [-0.2, -0.15) is 0 Å². The topological polar surface area (TPSA) is 52.6 Å². The van der Waals surface area contributed by atoms with Gasteiger partial charge in [0.1, 0.15) is 5.75 Å². The first-order valence-corrected chi connectivity index (χ1v) is 5.62. The molecule has 0 aromatic heterocycles. The Balaban J connectivity index is 3.01. The van der Waals surface area contributed by atoms with Gasteiger partial charge in [0, 0.05) is 17.2 Å². The van der Waals surface area contributed by atoms with E-state index in [-0.39, 0.29) is 5.78 Å². The molecule has 0 radical (unpaired) electrons. The summed E-state index contributed by atoms with van der Waals surface area (Å²) in [5, 5.41) is 0. The minimum Gasteiger partial charge on any atom is -0.496 e. The summed E-state index contributed by atoms with van der Waals surface area (Å²) in [4.78, 5) is 22.5. The first-order valence-electron chi connectivity index (χ1n) is 5.62. The molecule has 0 bridgehead atoms. The average molecular weight is 248 g/mol. The van der Waals surface area contributed by atoms with Crippen LogP contribution in [0.15, 0.2) is 24.3 Å². The Morgan fingerprint density at radius 2 is 2.06 bits per heavy atom. The maximum Gasteiger partial charge on any atom is 0.330 e. The molecule has 96 valence electrons. The summed E-state index contributed by atoms with van der Waals surface area (Å²) < 4.78 is 9.94. The van der Waals surface area contributed by atoms with Gasteiger partial charge in [-0.15, -0.1) is 0 Å². The highest BCUT2D eigenvalue weighted by Gasteiger charge is 2.05. The monoisotopic (exact) mass is 248 g/mol. The van der Waals surface area contributed by atoms with Crippen molar-refractivity contribution in [3.63, 3.8) is 0 Å². The van der Waals surface area contributed by atoms with Gasteiger partial charge in [-0.25, -0.2) is 4.79 Å². The maximum absolute atomic E-state index is 11.3. The summed E-state index contributed by atoms with van der Waals surface area (Å²) >= 11 is 0. The standard InChI is InChI=1S/C14H16O4/c1-4-18-14(16)8-6-12-9-11(10(2)15)5-7-13(12)17-3/h5-9H,4H2,1-3H3. The zero-order valence-corrected chi connectivity index (χ0v) is 10.7. The van der Waals surface area contributed by atoms with Crippen LogP contribution in [0.1, 0.15) is 29.8 Å². The van der Waals surface area contributed by atoms with Crippen molar-refractivity contribution in [1.29, 1.82) is 0 Å². The fraction of sp³-hybridized carbons (Fsp3) is 0.286. The Bertz CT molecular complexity index is 475. The molecule has 1 rings (SSSR count). The lowest BCUT2D eigenvalue weighted by Gasteiger charge is -2.06. The molecular formula is C14H16O4. The Kier molecular flexibility index (Phi) is 5.11. The van der Waals surface area contributed by atoms with Gasteiger partial charge in [0.25, 0.3) is 0 Å². The number of hydrogen-bond donors (Lipinski definition) is 0. The molecule has 0 spiro atoms. The second kappa shape index (κ2) is 6.59. The third-order valence-corrected chi connectivity index (χ3v) is 2.32. The zero-order chi connectivity index (χ0) is 13.5. The van der Waals surface area contributed by atoms with E-state index in [4.69, 9.17) is 9.47 Å². The van der Waals surface area contributed by atoms with E-state index in [2.05, 4.69) is 0 Å². The van der Waals surface area contributed by atoms with E-state index in [0.29, 0.717) is 23.5 Å². The minimum absolute atomic E-state index is 0.0385. The molecule has 1 aromatic rings. The molecule has 0 amide bonds. The van der Waals surface area contributed by atoms with E-state index in [1.807, 2.05) is 0 Å². The van der Waals surface area contributed by atoms with Crippen molar-refractivity contribution >= 4 is 17.8 Å². The smallest absolute Gasteiger partial charge is 0.330 e. The van der Waals surface area contributed by atoms with Crippen LogP contribution in [0.5, 0.6) is 5.75 Å². The van der Waals surface area contributed by atoms with Gasteiger partial charge in [0.05, 0.1) is 13.7 Å². The summed E-state index contributed by atoms with van der Waals surface area (Å²) in [5.41, 5.74) is 1.23. The number of Topliss-reactive ketones (excluding diaryl/α,β-unsaturated/α-hetero) is 1. The largest absolute Gasteiger partial charge is 0.496 e. The fourth-order valence-corrected chi connectivity index (χ4v) is 1.43. The molecule has 4 heteroatoms. The molecule has 0 aliphatic rings. The number of rotatable bonds is 5. The van der Waals surface area contributed by atoms with Gasteiger partial charge in [-0.1, -0.05) is 0 Å². The molecule has 0 aliphatic carbocycles. The van der Waals surface area contributed by atoms with Crippen molar-refractivity contribution in [2.24, 2.45) is 0 Å². The van der Waals surface area contributed by atoms with Crippen LogP contribution in [0, 0.1) is 0 Å². The van der Waals surface area contributed by atoms with E-state index >= 15 is 0 Å². The lowest BCUT2D eigenvalue weighted by molar-refractivity contribution is -0.137. The Labute approximate surface area is 106 Å². The van der Waals surface area contributed by atoms with Crippen LogP contribution < -0.4 is 4.74 Å². The predicted molar refractivity (Wildman–Crippen MR) is 68.7 cm³/mol. The lowest BCUT2D eigenvalue weighted by Crippen LogP contribution is -1.99. The highest BCUT2D eigenvalue weighted by molar-refractivity contribution is 5.95. The molecule has 0 aliphatic heterocycles. The molecule has 0 unspecified atom stereocenters. The van der Waals surface area contributed by atoms with Crippen LogP contribution in [-0.4, -0.2) is 25.5 Å². The van der Waals surface area contributed by atoms with Gasteiger partial charge < -0.3 is 9.47 Å². The van der Waals surface area contributed by atoms with Crippen LogP contribution in [0.2, 0.25) is 0 Å². The Morgan fingerprint density at radius 1 is 1.33 bits per heavy atom. The number of carbonyl (C=O) groups is 2. The van der Waals surface area contributed by atoms with E-state index in [0.717, 1.165) is 0 Å². The summed E-state index contributed by atoms with van der Waals surface area (Å²) in [5.74, 6) is 0.136. The Morgan fingerprint density at radius 3 is 2.61 bits per heavy atom. The molecule has 0 N–H and O–H groups in total. The van der Waals surface area contributed by atoms with E-state index in [1.165, 1.54) is 20.1 Å². The molecule has 0 fully saturated rings. The fourth-order valence-electron chi connectivity index (χ4n) is 1.43. The second-order valence-electron chi connectivity index (χ2n) is 3.60. The van der Waals surface area contributed by atoms with Crippen molar-refractivity contribution in [3.05, 3.63) is 35.4 Å². The number of ketones is 1. The Hall–Kier alpha value is -2.10. The van der Waals surface area contributed by atoms with Crippen LogP contribution >= 0.6 is 0 Å². The summed E-state index contributed by atoms with van der Waals surface area (Å²) in [6, 6.07) is 5.06. The zero-order valence-electron chi connectivity index (χ0n) is 10.7. The van der Waals surface area contributed by atoms with Crippen molar-refractivity contribution in [1.82, 2.24) is 0 Å². The molecule has 4 nitrogen and oxygen atoms in total. The van der Waals surface area contributed by atoms with Crippen LogP contribution in [-0.2, 0) is 9.53 Å². The quantitative estimate of drug-likeness (QED) is 0.456. The molecular weight excluding hydrogens is 232 g/mol. The third kappa shape index (κ3) is 3.73. The first kappa shape index (κ1) is 14.0. The van der Waals surface area contributed by atoms with Crippen molar-refractivity contribution < 1.29 is 19.1 Å². The SMILES string of the molecule is CCOC(=O)C=Cc1cc(C(C)=O)ccc1OC. The number of carbonyl (C=O) groups excluding carboxylic acids is 2. The van der Waals surface area contributed by atoms with Crippen LogP contribution in [0.3, 0.4) is 0 Å². The predicted octanol–water partition coefficient (Wildman–Crippen LogP) is 2.47. The number of benzene rings is 1. The lowest BCUT2D eigenvalue weighted by atomic mass is 10.1. The highest BCUT2D eigenvalue weighted by Crippen LogP contribution is 2.21. The second-order valence-corrected chi connectivity index (χ2v) is 3.60. The molecule has 1 aromatic carbocycles. The van der Waals surface area contributed by atoms with Gasteiger partial charge in [0.2, 0.25) is 0 Å². The van der Waals surface area contributed by atoms with Crippen molar-refractivity contribution in [2.45, 2.75) is 13.8 Å². The van der Waals surface area contributed by atoms with Crippen molar-refractivity contribution in [3.8, 4) is 5.75 Å². The first-order chi connectivity index (χ1) is 8.58. The number of esters is 1.